The van der Waals surface area contributed by atoms with E-state index >= 15 is 0 Å². The van der Waals surface area contributed by atoms with Crippen molar-refractivity contribution in [2.45, 2.75) is 19.3 Å². The van der Waals surface area contributed by atoms with Crippen molar-refractivity contribution in [2.75, 3.05) is 7.05 Å². The monoisotopic (exact) mass is 365 g/mol. The molecule has 0 fully saturated rings. The van der Waals surface area contributed by atoms with Crippen molar-refractivity contribution in [1.82, 2.24) is 9.88 Å². The lowest BCUT2D eigenvalue weighted by Gasteiger charge is -2.15. The minimum Gasteiger partial charge on any atom is -0.439 e. The first kappa shape index (κ1) is 17.9. The molecule has 0 bridgehead atoms. The molecule has 9 heteroatoms. The molecule has 0 spiro atoms. The molecule has 2 aromatic carbocycles. The number of non-ortho nitro benzene ring substituents is 1. The molecule has 0 radical (unpaired) electrons. The van der Waals surface area contributed by atoms with E-state index in [0.717, 1.165) is 12.1 Å². The summed E-state index contributed by atoms with van der Waals surface area (Å²) in [4.78, 5) is 16.3. The molecule has 136 valence electrons. The van der Waals surface area contributed by atoms with Gasteiger partial charge in [-0.2, -0.15) is 13.2 Å². The summed E-state index contributed by atoms with van der Waals surface area (Å²) >= 11 is 0. The lowest BCUT2D eigenvalue weighted by atomic mass is 10.1. The molecule has 0 aliphatic rings. The number of nitrogens with zero attached hydrogens (tertiary/aromatic N) is 3. The van der Waals surface area contributed by atoms with Gasteiger partial charge in [0.1, 0.15) is 5.52 Å². The zero-order valence-electron chi connectivity index (χ0n) is 13.7. The summed E-state index contributed by atoms with van der Waals surface area (Å²) in [5.41, 5.74) is 0.776. The van der Waals surface area contributed by atoms with Crippen molar-refractivity contribution in [3.63, 3.8) is 0 Å². The standard InChI is InChI=1S/C17H14F3N3O3/c1-22(9-11-2-4-12(5-3-11)17(18,19)20)10-16-21-14-8-13(23(24)25)6-7-15(14)26-16/h2-8H,9-10H2,1H3. The maximum atomic E-state index is 12.6. The lowest BCUT2D eigenvalue weighted by Crippen LogP contribution is -2.17. The SMILES string of the molecule is CN(Cc1ccc(C(F)(F)F)cc1)Cc1nc2cc([N+](=O)[O-])ccc2o1. The lowest BCUT2D eigenvalue weighted by molar-refractivity contribution is -0.384. The number of oxazole rings is 1. The summed E-state index contributed by atoms with van der Waals surface area (Å²) in [5.74, 6) is 0.370. The van der Waals surface area contributed by atoms with Gasteiger partial charge in [0, 0.05) is 18.7 Å². The Morgan fingerprint density at radius 3 is 2.46 bits per heavy atom. The molecule has 0 saturated heterocycles. The molecule has 0 amide bonds. The molecule has 0 aliphatic carbocycles. The molecule has 0 unspecified atom stereocenters. The van der Waals surface area contributed by atoms with Crippen molar-refractivity contribution >= 4 is 16.8 Å². The average Bonchev–Trinajstić information content (AvgIpc) is 2.95. The third-order valence-electron chi connectivity index (χ3n) is 3.77. The Kier molecular flexibility index (Phi) is 4.64. The second-order valence-electron chi connectivity index (χ2n) is 5.88. The molecule has 3 rings (SSSR count). The summed E-state index contributed by atoms with van der Waals surface area (Å²) < 4.78 is 43.3. The minimum absolute atomic E-state index is 0.0736. The van der Waals surface area contributed by atoms with Gasteiger partial charge in [-0.25, -0.2) is 4.98 Å². The highest BCUT2D eigenvalue weighted by molar-refractivity contribution is 5.75. The number of nitro groups is 1. The van der Waals surface area contributed by atoms with Gasteiger partial charge in [-0.05, 0) is 30.8 Å². The first-order valence-corrected chi connectivity index (χ1v) is 7.61. The van der Waals surface area contributed by atoms with E-state index in [-0.39, 0.29) is 5.69 Å². The Labute approximate surface area is 146 Å². The Bertz CT molecular complexity index is 936. The topological polar surface area (TPSA) is 72.4 Å². The summed E-state index contributed by atoms with van der Waals surface area (Å²) in [6.07, 6.45) is -4.36. The van der Waals surface area contributed by atoms with Crippen LogP contribution in [0.4, 0.5) is 18.9 Å². The van der Waals surface area contributed by atoms with Gasteiger partial charge in [-0.1, -0.05) is 12.1 Å². The largest absolute Gasteiger partial charge is 0.439 e. The first-order chi connectivity index (χ1) is 12.2. The van der Waals surface area contributed by atoms with Crippen LogP contribution in [-0.4, -0.2) is 21.9 Å². The van der Waals surface area contributed by atoms with Crippen molar-refractivity contribution in [3.05, 3.63) is 69.6 Å². The molecule has 1 aromatic heterocycles. The third kappa shape index (κ3) is 3.99. The molecule has 0 saturated carbocycles. The van der Waals surface area contributed by atoms with Gasteiger partial charge in [0.2, 0.25) is 5.89 Å². The average molecular weight is 365 g/mol. The van der Waals surface area contributed by atoms with Gasteiger partial charge in [0.25, 0.3) is 5.69 Å². The van der Waals surface area contributed by atoms with Crippen molar-refractivity contribution < 1.29 is 22.5 Å². The van der Waals surface area contributed by atoms with Crippen LogP contribution < -0.4 is 0 Å². The predicted molar refractivity (Wildman–Crippen MR) is 87.3 cm³/mol. The number of fused-ring (bicyclic) bond motifs is 1. The minimum atomic E-state index is -4.36. The fourth-order valence-electron chi connectivity index (χ4n) is 2.54. The molecular weight excluding hydrogens is 351 g/mol. The molecule has 1 heterocycles. The van der Waals surface area contributed by atoms with Crippen molar-refractivity contribution in [3.8, 4) is 0 Å². The van der Waals surface area contributed by atoms with Gasteiger partial charge in [-0.15, -0.1) is 0 Å². The van der Waals surface area contributed by atoms with Crippen LogP contribution >= 0.6 is 0 Å². The van der Waals surface area contributed by atoms with Gasteiger partial charge in [-0.3, -0.25) is 15.0 Å². The van der Waals surface area contributed by atoms with Crippen LogP contribution in [0.3, 0.4) is 0 Å². The zero-order valence-corrected chi connectivity index (χ0v) is 13.7. The zero-order chi connectivity index (χ0) is 18.9. The van der Waals surface area contributed by atoms with Crippen LogP contribution in [0.5, 0.6) is 0 Å². The van der Waals surface area contributed by atoms with Crippen LogP contribution in [0.15, 0.2) is 46.9 Å². The number of halogens is 3. The highest BCUT2D eigenvalue weighted by atomic mass is 19.4. The van der Waals surface area contributed by atoms with Crippen molar-refractivity contribution in [1.29, 1.82) is 0 Å². The highest BCUT2D eigenvalue weighted by Gasteiger charge is 2.29. The van der Waals surface area contributed by atoms with E-state index in [4.69, 9.17) is 4.42 Å². The highest BCUT2D eigenvalue weighted by Crippen LogP contribution is 2.29. The second kappa shape index (κ2) is 6.75. The number of hydrogen-bond donors (Lipinski definition) is 0. The van der Waals surface area contributed by atoms with E-state index in [1.807, 2.05) is 4.90 Å². The number of aromatic nitrogens is 1. The maximum Gasteiger partial charge on any atom is 0.416 e. The smallest absolute Gasteiger partial charge is 0.416 e. The Balaban J connectivity index is 1.68. The number of rotatable bonds is 5. The Morgan fingerprint density at radius 1 is 1.15 bits per heavy atom. The van der Waals surface area contributed by atoms with E-state index in [2.05, 4.69) is 4.98 Å². The summed E-state index contributed by atoms with van der Waals surface area (Å²) in [7, 11) is 1.77. The number of hydrogen-bond acceptors (Lipinski definition) is 5. The fraction of sp³-hybridized carbons (Fsp3) is 0.235. The van der Waals surface area contributed by atoms with Gasteiger partial charge in [0.15, 0.2) is 5.58 Å². The quantitative estimate of drug-likeness (QED) is 0.495. The van der Waals surface area contributed by atoms with Crippen LogP contribution in [0.1, 0.15) is 17.0 Å². The number of nitro benzene ring substituents is 1. The predicted octanol–water partition coefficient (Wildman–Crippen LogP) is 4.39. The number of benzene rings is 2. The molecular formula is C17H14F3N3O3. The van der Waals surface area contributed by atoms with E-state index in [9.17, 15) is 23.3 Å². The first-order valence-electron chi connectivity index (χ1n) is 7.61. The molecule has 0 N–H and O–H groups in total. The van der Waals surface area contributed by atoms with Gasteiger partial charge >= 0.3 is 6.18 Å². The molecule has 26 heavy (non-hydrogen) atoms. The summed E-state index contributed by atoms with van der Waals surface area (Å²) in [5, 5.41) is 10.8. The molecule has 0 aliphatic heterocycles. The van der Waals surface area contributed by atoms with E-state index in [0.29, 0.717) is 35.6 Å². The van der Waals surface area contributed by atoms with E-state index < -0.39 is 16.7 Å². The third-order valence-corrected chi connectivity index (χ3v) is 3.77. The molecule has 0 atom stereocenters. The fourth-order valence-corrected chi connectivity index (χ4v) is 2.54. The normalized spacial score (nSPS) is 12.0. The Morgan fingerprint density at radius 2 is 1.85 bits per heavy atom. The molecule has 3 aromatic rings. The van der Waals surface area contributed by atoms with Crippen LogP contribution in [0.25, 0.3) is 11.1 Å². The van der Waals surface area contributed by atoms with Gasteiger partial charge in [0.05, 0.1) is 17.0 Å². The van der Waals surface area contributed by atoms with E-state index in [1.165, 1.54) is 30.3 Å². The van der Waals surface area contributed by atoms with Gasteiger partial charge < -0.3 is 4.42 Å². The summed E-state index contributed by atoms with van der Waals surface area (Å²) in [6.45, 7) is 0.709. The van der Waals surface area contributed by atoms with E-state index in [1.54, 1.807) is 7.05 Å². The molecule has 6 nitrogen and oxygen atoms in total. The summed E-state index contributed by atoms with van der Waals surface area (Å²) in [6, 6.07) is 9.09. The van der Waals surface area contributed by atoms with Crippen LogP contribution in [0, 0.1) is 10.1 Å². The number of alkyl halides is 3. The van der Waals surface area contributed by atoms with Crippen LogP contribution in [0.2, 0.25) is 0 Å². The maximum absolute atomic E-state index is 12.6. The second-order valence-corrected chi connectivity index (χ2v) is 5.88. The van der Waals surface area contributed by atoms with Crippen molar-refractivity contribution in [2.24, 2.45) is 0 Å². The Hall–Kier alpha value is -2.94. The van der Waals surface area contributed by atoms with Crippen LogP contribution in [-0.2, 0) is 19.3 Å².